The van der Waals surface area contributed by atoms with Gasteiger partial charge in [-0.3, -0.25) is 4.79 Å². The van der Waals surface area contributed by atoms with Crippen molar-refractivity contribution in [2.45, 2.75) is 39.8 Å². The molecule has 112 valence electrons. The summed E-state index contributed by atoms with van der Waals surface area (Å²) in [5, 5.41) is 3.27. The normalized spacial score (nSPS) is 13.6. The molecule has 4 nitrogen and oxygen atoms in total. The number of ether oxygens (including phenoxy) is 2. The number of nitrogens with one attached hydrogen (secondary N) is 1. The molecule has 1 aromatic carbocycles. The molecule has 0 aliphatic carbocycles. The third-order valence-electron chi connectivity index (χ3n) is 3.43. The molecule has 4 heteroatoms. The van der Waals surface area contributed by atoms with E-state index in [1.807, 2.05) is 38.1 Å². The van der Waals surface area contributed by atoms with Gasteiger partial charge in [0.1, 0.15) is 11.8 Å². The molecule has 1 N–H and O–H groups in total. The lowest BCUT2D eigenvalue weighted by Gasteiger charge is -2.22. The Labute approximate surface area is 121 Å². The van der Waals surface area contributed by atoms with Gasteiger partial charge < -0.3 is 14.8 Å². The lowest BCUT2D eigenvalue weighted by Crippen LogP contribution is -2.42. The maximum Gasteiger partial charge on any atom is 0.323 e. The molecular formula is C16H25NO3. The van der Waals surface area contributed by atoms with E-state index < -0.39 is 0 Å². The van der Waals surface area contributed by atoms with E-state index in [0.717, 1.165) is 17.7 Å². The average Bonchev–Trinajstić information content (AvgIpc) is 2.48. The van der Waals surface area contributed by atoms with Crippen LogP contribution in [0.25, 0.3) is 0 Å². The zero-order valence-electron chi connectivity index (χ0n) is 12.8. The number of carbonyl (C=O) groups excluding carboxylic acids is 1. The lowest BCUT2D eigenvalue weighted by molar-refractivity contribution is -0.144. The Kier molecular flexibility index (Phi) is 7.09. The fraction of sp³-hybridized carbons (Fsp3) is 0.562. The van der Waals surface area contributed by atoms with E-state index in [0.29, 0.717) is 13.2 Å². The molecule has 20 heavy (non-hydrogen) atoms. The molecular weight excluding hydrogens is 254 g/mol. The fourth-order valence-electron chi connectivity index (χ4n) is 1.98. The van der Waals surface area contributed by atoms with Crippen molar-refractivity contribution in [3.63, 3.8) is 0 Å². The van der Waals surface area contributed by atoms with Gasteiger partial charge in [0.05, 0.1) is 13.7 Å². The van der Waals surface area contributed by atoms with E-state index in [2.05, 4.69) is 12.2 Å². The van der Waals surface area contributed by atoms with Gasteiger partial charge in [0.2, 0.25) is 0 Å². The first-order valence-corrected chi connectivity index (χ1v) is 7.15. The second-order valence-corrected chi connectivity index (χ2v) is 4.84. The van der Waals surface area contributed by atoms with E-state index in [1.54, 1.807) is 0 Å². The first-order chi connectivity index (χ1) is 9.62. The van der Waals surface area contributed by atoms with Crippen LogP contribution in [0.2, 0.25) is 0 Å². The Hall–Kier alpha value is -1.55. The quantitative estimate of drug-likeness (QED) is 0.743. The van der Waals surface area contributed by atoms with Crippen LogP contribution in [-0.4, -0.2) is 25.7 Å². The number of benzene rings is 1. The standard InChI is InChI=1S/C16H25NO3/c1-5-12(3)15(16(18)19-4)17-11-13-7-9-14(10-8-13)20-6-2/h7-10,12,15,17H,5-6,11H2,1-4H3. The zero-order chi connectivity index (χ0) is 15.0. The van der Waals surface area contributed by atoms with Crippen molar-refractivity contribution in [2.75, 3.05) is 13.7 Å². The molecule has 1 rings (SSSR count). The molecule has 1 aromatic rings. The van der Waals surface area contributed by atoms with Crippen LogP contribution in [-0.2, 0) is 16.1 Å². The SMILES string of the molecule is CCOc1ccc(CNC(C(=O)OC)C(C)CC)cc1. The summed E-state index contributed by atoms with van der Waals surface area (Å²) >= 11 is 0. The minimum absolute atomic E-state index is 0.203. The minimum atomic E-state index is -0.267. The molecule has 0 amide bonds. The molecule has 2 atom stereocenters. The molecule has 0 aliphatic heterocycles. The molecule has 0 bridgehead atoms. The molecule has 0 radical (unpaired) electrons. The fourth-order valence-corrected chi connectivity index (χ4v) is 1.98. The van der Waals surface area contributed by atoms with Gasteiger partial charge in [-0.15, -0.1) is 0 Å². The van der Waals surface area contributed by atoms with E-state index >= 15 is 0 Å². The third kappa shape index (κ3) is 4.85. The van der Waals surface area contributed by atoms with Crippen molar-refractivity contribution in [1.29, 1.82) is 0 Å². The summed E-state index contributed by atoms with van der Waals surface area (Å²) in [6, 6.07) is 7.62. The van der Waals surface area contributed by atoms with Crippen LogP contribution >= 0.6 is 0 Å². The largest absolute Gasteiger partial charge is 0.494 e. The second kappa shape index (κ2) is 8.59. The van der Waals surface area contributed by atoms with Crippen molar-refractivity contribution in [3.8, 4) is 5.75 Å². The van der Waals surface area contributed by atoms with Crippen LogP contribution in [0.3, 0.4) is 0 Å². The number of hydrogen-bond acceptors (Lipinski definition) is 4. The number of carbonyl (C=O) groups is 1. The summed E-state index contributed by atoms with van der Waals surface area (Å²) in [6.07, 6.45) is 0.927. The van der Waals surface area contributed by atoms with Crippen LogP contribution in [0, 0.1) is 5.92 Å². The summed E-state index contributed by atoms with van der Waals surface area (Å²) in [4.78, 5) is 11.8. The Bertz CT molecular complexity index is 403. The maximum absolute atomic E-state index is 11.8. The van der Waals surface area contributed by atoms with Crippen LogP contribution in [0.4, 0.5) is 0 Å². The molecule has 2 unspecified atom stereocenters. The van der Waals surface area contributed by atoms with Gasteiger partial charge in [0, 0.05) is 6.54 Å². The van der Waals surface area contributed by atoms with Crippen LogP contribution in [0.1, 0.15) is 32.8 Å². The number of esters is 1. The number of methoxy groups -OCH3 is 1. The molecule has 0 fully saturated rings. The maximum atomic E-state index is 11.8. The Morgan fingerprint density at radius 1 is 1.25 bits per heavy atom. The van der Waals surface area contributed by atoms with Crippen molar-refractivity contribution in [1.82, 2.24) is 5.32 Å². The summed E-state index contributed by atoms with van der Waals surface area (Å²) in [5.41, 5.74) is 1.12. The van der Waals surface area contributed by atoms with Gasteiger partial charge in [-0.2, -0.15) is 0 Å². The van der Waals surface area contributed by atoms with E-state index in [4.69, 9.17) is 9.47 Å². The molecule has 0 saturated heterocycles. The average molecular weight is 279 g/mol. The van der Waals surface area contributed by atoms with Crippen molar-refractivity contribution >= 4 is 5.97 Å². The highest BCUT2D eigenvalue weighted by atomic mass is 16.5. The predicted molar refractivity (Wildman–Crippen MR) is 79.7 cm³/mol. The number of rotatable bonds is 8. The predicted octanol–water partition coefficient (Wildman–Crippen LogP) is 2.76. The molecule has 0 spiro atoms. The van der Waals surface area contributed by atoms with Gasteiger partial charge in [0.15, 0.2) is 0 Å². The Balaban J connectivity index is 2.60. The summed E-state index contributed by atoms with van der Waals surface area (Å²) in [5.74, 6) is 0.901. The summed E-state index contributed by atoms with van der Waals surface area (Å²) in [7, 11) is 1.43. The van der Waals surface area contributed by atoms with Crippen molar-refractivity contribution in [2.24, 2.45) is 5.92 Å². The van der Waals surface area contributed by atoms with Gasteiger partial charge in [0.25, 0.3) is 0 Å². The third-order valence-corrected chi connectivity index (χ3v) is 3.43. The Morgan fingerprint density at radius 2 is 1.90 bits per heavy atom. The van der Waals surface area contributed by atoms with E-state index in [9.17, 15) is 4.79 Å². The molecule has 0 aliphatic rings. The van der Waals surface area contributed by atoms with Gasteiger partial charge in [-0.05, 0) is 30.5 Å². The van der Waals surface area contributed by atoms with E-state index in [-0.39, 0.29) is 17.9 Å². The summed E-state index contributed by atoms with van der Waals surface area (Å²) < 4.78 is 10.3. The second-order valence-electron chi connectivity index (χ2n) is 4.84. The highest BCUT2D eigenvalue weighted by molar-refractivity contribution is 5.75. The van der Waals surface area contributed by atoms with E-state index in [1.165, 1.54) is 7.11 Å². The lowest BCUT2D eigenvalue weighted by atomic mass is 9.99. The van der Waals surface area contributed by atoms with Gasteiger partial charge in [-0.25, -0.2) is 0 Å². The number of hydrogen-bond donors (Lipinski definition) is 1. The molecule has 0 heterocycles. The van der Waals surface area contributed by atoms with Gasteiger partial charge in [-0.1, -0.05) is 32.4 Å². The van der Waals surface area contributed by atoms with Crippen molar-refractivity contribution < 1.29 is 14.3 Å². The smallest absolute Gasteiger partial charge is 0.323 e. The first-order valence-electron chi connectivity index (χ1n) is 7.15. The Morgan fingerprint density at radius 3 is 2.40 bits per heavy atom. The molecule has 0 saturated carbocycles. The van der Waals surface area contributed by atoms with Crippen LogP contribution < -0.4 is 10.1 Å². The summed E-state index contributed by atoms with van der Waals surface area (Å²) in [6.45, 7) is 7.38. The zero-order valence-corrected chi connectivity index (χ0v) is 12.8. The minimum Gasteiger partial charge on any atom is -0.494 e. The molecule has 0 aromatic heterocycles. The highest BCUT2D eigenvalue weighted by Gasteiger charge is 2.23. The van der Waals surface area contributed by atoms with Gasteiger partial charge >= 0.3 is 5.97 Å². The van der Waals surface area contributed by atoms with Crippen molar-refractivity contribution in [3.05, 3.63) is 29.8 Å². The monoisotopic (exact) mass is 279 g/mol. The van der Waals surface area contributed by atoms with Crippen LogP contribution in [0.15, 0.2) is 24.3 Å². The van der Waals surface area contributed by atoms with Crippen LogP contribution in [0.5, 0.6) is 5.75 Å². The topological polar surface area (TPSA) is 47.6 Å². The highest BCUT2D eigenvalue weighted by Crippen LogP contribution is 2.14. The first kappa shape index (κ1) is 16.5.